The summed E-state index contributed by atoms with van der Waals surface area (Å²) in [6.45, 7) is 17.8. The van der Waals surface area contributed by atoms with E-state index in [2.05, 4.69) is 55.4 Å². The van der Waals surface area contributed by atoms with Crippen molar-refractivity contribution < 1.29 is 38.1 Å². The van der Waals surface area contributed by atoms with Gasteiger partial charge in [-0.05, 0) is 78.7 Å². The van der Waals surface area contributed by atoms with Gasteiger partial charge in [-0.25, -0.2) is 19.2 Å². The number of carbonyl (C=O) groups excluding carboxylic acids is 4. The molecule has 0 saturated carbocycles. The second kappa shape index (κ2) is 28.2. The Bertz CT molecular complexity index is 1520. The average Bonchev–Trinajstić information content (AvgIpc) is 3.23. The third kappa shape index (κ3) is 16.4. The maximum Gasteiger partial charge on any atom is 0.340 e. The quantitative estimate of drug-likeness (QED) is 0.0492. The predicted octanol–water partition coefficient (Wildman–Crippen LogP) is 13.1. The number of esters is 4. The Kier molecular flexibility index (Phi) is 24.6. The van der Waals surface area contributed by atoms with Crippen LogP contribution in [0.2, 0.25) is 0 Å². The van der Waals surface area contributed by atoms with Crippen molar-refractivity contribution in [1.29, 1.82) is 0 Å². The van der Waals surface area contributed by atoms with E-state index in [4.69, 9.17) is 31.6 Å². The number of rotatable bonds is 29. The summed E-state index contributed by atoms with van der Waals surface area (Å²) >= 11 is 4.87. The fourth-order valence-corrected chi connectivity index (χ4v) is 7.35. The molecule has 4 unspecified atom stereocenters. The normalized spacial score (nSPS) is 13.4. The molecule has 0 saturated heterocycles. The third-order valence-electron chi connectivity index (χ3n) is 11.3. The second-order valence-corrected chi connectivity index (χ2v) is 16.2. The van der Waals surface area contributed by atoms with Crippen LogP contribution in [0.15, 0.2) is 35.2 Å². The zero-order valence-electron chi connectivity index (χ0n) is 36.6. The molecular formula is C48H74O8S. The lowest BCUT2D eigenvalue weighted by atomic mass is 9.95. The monoisotopic (exact) mass is 811 g/mol. The van der Waals surface area contributed by atoms with E-state index in [1.165, 1.54) is 0 Å². The summed E-state index contributed by atoms with van der Waals surface area (Å²) in [5.41, 5.74) is 1.28. The van der Waals surface area contributed by atoms with Gasteiger partial charge in [0, 0.05) is 4.90 Å². The molecule has 4 atom stereocenters. The lowest BCUT2D eigenvalue weighted by Crippen LogP contribution is -2.20. The van der Waals surface area contributed by atoms with Crippen LogP contribution in [0.4, 0.5) is 0 Å². The van der Waals surface area contributed by atoms with E-state index >= 15 is 0 Å². The summed E-state index contributed by atoms with van der Waals surface area (Å²) < 4.78 is 23.4. The van der Waals surface area contributed by atoms with Gasteiger partial charge in [0.15, 0.2) is 0 Å². The van der Waals surface area contributed by atoms with E-state index in [1.807, 2.05) is 0 Å². The van der Waals surface area contributed by atoms with E-state index in [-0.39, 0.29) is 77.2 Å². The minimum Gasteiger partial charge on any atom is -0.462 e. The van der Waals surface area contributed by atoms with Crippen LogP contribution in [-0.4, -0.2) is 50.3 Å². The fraction of sp³-hybridized carbons (Fsp3) is 0.667. The van der Waals surface area contributed by atoms with E-state index in [0.29, 0.717) is 11.1 Å². The van der Waals surface area contributed by atoms with Gasteiger partial charge in [0.05, 0.1) is 48.7 Å². The minimum atomic E-state index is -0.659. The second-order valence-electron chi connectivity index (χ2n) is 15.7. The van der Waals surface area contributed by atoms with Crippen molar-refractivity contribution in [3.8, 4) is 11.1 Å². The molecule has 9 heteroatoms. The average molecular weight is 811 g/mol. The van der Waals surface area contributed by atoms with Gasteiger partial charge >= 0.3 is 23.9 Å². The lowest BCUT2D eigenvalue weighted by Gasteiger charge is -2.20. The number of unbranched alkanes of at least 4 members (excludes halogenated alkanes) is 4. The highest BCUT2D eigenvalue weighted by atomic mass is 32.1. The molecule has 0 fully saturated rings. The summed E-state index contributed by atoms with van der Waals surface area (Å²) in [6, 6.07) is 8.14. The summed E-state index contributed by atoms with van der Waals surface area (Å²) in [6.07, 6.45) is 15.6. The van der Waals surface area contributed by atoms with E-state index in [1.54, 1.807) is 30.3 Å². The van der Waals surface area contributed by atoms with E-state index < -0.39 is 23.9 Å². The van der Waals surface area contributed by atoms with Crippen LogP contribution in [0.1, 0.15) is 200 Å². The standard InChI is InChI=1S/C48H74O8S/c1-9-17-21-34(13-5)30-53-45(49)40-26-25-38(29-42(40)47(51)55-32-36(15-7)23-19-11-3)39-27-28-41(46(50)54-31-35(14-6)22-18-10-2)43(44(39)57)48(52)56-33-37(16-8)24-20-12-4/h25-29,34-37,57H,9-24,30-33H2,1-8H3. The van der Waals surface area contributed by atoms with Crippen LogP contribution in [0.3, 0.4) is 0 Å². The van der Waals surface area contributed by atoms with Gasteiger partial charge in [-0.2, -0.15) is 0 Å². The SMILES string of the molecule is CCCCC(CC)COC(=O)c1ccc(-c2ccc(C(=O)OCC(CC)CCCC)c(C(=O)OCC(CC)CCCC)c2S)cc1C(=O)OCC(CC)CCCC. The van der Waals surface area contributed by atoms with Crippen LogP contribution in [0.25, 0.3) is 11.1 Å². The van der Waals surface area contributed by atoms with Gasteiger partial charge in [0.2, 0.25) is 0 Å². The Morgan fingerprint density at radius 1 is 0.474 bits per heavy atom. The maximum atomic E-state index is 14.0. The van der Waals surface area contributed by atoms with Crippen molar-refractivity contribution in [2.24, 2.45) is 23.7 Å². The van der Waals surface area contributed by atoms with Crippen LogP contribution in [0.5, 0.6) is 0 Å². The van der Waals surface area contributed by atoms with Crippen molar-refractivity contribution in [1.82, 2.24) is 0 Å². The highest BCUT2D eigenvalue weighted by Crippen LogP contribution is 2.35. The molecule has 0 N–H and O–H groups in total. The van der Waals surface area contributed by atoms with Gasteiger partial charge in [0.25, 0.3) is 0 Å². The molecule has 2 aromatic rings. The Morgan fingerprint density at radius 3 is 1.21 bits per heavy atom. The van der Waals surface area contributed by atoms with Gasteiger partial charge in [0.1, 0.15) is 0 Å². The molecule has 8 nitrogen and oxygen atoms in total. The topological polar surface area (TPSA) is 105 Å². The number of hydrogen-bond donors (Lipinski definition) is 1. The Hall–Kier alpha value is -3.33. The molecule has 0 spiro atoms. The van der Waals surface area contributed by atoms with Gasteiger partial charge in [-0.3, -0.25) is 0 Å². The molecule has 57 heavy (non-hydrogen) atoms. The van der Waals surface area contributed by atoms with Crippen molar-refractivity contribution in [3.63, 3.8) is 0 Å². The number of carbonyl (C=O) groups is 4. The predicted molar refractivity (Wildman–Crippen MR) is 233 cm³/mol. The third-order valence-corrected chi connectivity index (χ3v) is 11.8. The number of thiol groups is 1. The van der Waals surface area contributed by atoms with Crippen molar-refractivity contribution in [2.45, 2.75) is 163 Å². The zero-order chi connectivity index (χ0) is 42.2. The Morgan fingerprint density at radius 2 is 0.825 bits per heavy atom. The summed E-state index contributed by atoms with van der Waals surface area (Å²) in [4.78, 5) is 55.4. The molecule has 0 aliphatic carbocycles. The first kappa shape index (κ1) is 49.8. The first-order chi connectivity index (χ1) is 27.5. The Balaban J connectivity index is 2.64. The lowest BCUT2D eigenvalue weighted by molar-refractivity contribution is 0.0378. The fourth-order valence-electron chi connectivity index (χ4n) is 6.93. The molecule has 0 aliphatic heterocycles. The molecule has 0 heterocycles. The molecule has 0 bridgehead atoms. The van der Waals surface area contributed by atoms with Crippen molar-refractivity contribution in [2.75, 3.05) is 26.4 Å². The molecule has 2 rings (SSSR count). The minimum absolute atomic E-state index is 0.0137. The zero-order valence-corrected chi connectivity index (χ0v) is 37.4. The number of benzene rings is 2. The Labute approximate surface area is 350 Å². The molecule has 2 aromatic carbocycles. The number of ether oxygens (including phenoxy) is 4. The highest BCUT2D eigenvalue weighted by Gasteiger charge is 2.28. The van der Waals surface area contributed by atoms with Gasteiger partial charge in [-0.15, -0.1) is 12.6 Å². The highest BCUT2D eigenvalue weighted by molar-refractivity contribution is 7.80. The maximum absolute atomic E-state index is 14.0. The largest absolute Gasteiger partial charge is 0.462 e. The van der Waals surface area contributed by atoms with Crippen LogP contribution >= 0.6 is 12.6 Å². The molecule has 320 valence electrons. The van der Waals surface area contributed by atoms with Gasteiger partial charge < -0.3 is 18.9 Å². The molecule has 0 amide bonds. The summed E-state index contributed by atoms with van der Waals surface area (Å²) in [5, 5.41) is 0. The molecule has 0 radical (unpaired) electrons. The number of hydrogen-bond acceptors (Lipinski definition) is 9. The molecule has 0 aliphatic rings. The molecular weight excluding hydrogens is 737 g/mol. The molecule has 0 aromatic heterocycles. The van der Waals surface area contributed by atoms with Crippen LogP contribution in [-0.2, 0) is 18.9 Å². The summed E-state index contributed by atoms with van der Waals surface area (Å²) in [7, 11) is 0. The first-order valence-corrected chi connectivity index (χ1v) is 22.7. The van der Waals surface area contributed by atoms with Crippen LogP contribution < -0.4 is 0 Å². The van der Waals surface area contributed by atoms with E-state index in [9.17, 15) is 19.2 Å². The van der Waals surface area contributed by atoms with Crippen LogP contribution in [0, 0.1) is 23.7 Å². The first-order valence-electron chi connectivity index (χ1n) is 22.2. The van der Waals surface area contributed by atoms with Crippen molar-refractivity contribution in [3.05, 3.63) is 52.6 Å². The summed E-state index contributed by atoms with van der Waals surface area (Å²) in [5.74, 6) is -1.65. The van der Waals surface area contributed by atoms with E-state index in [0.717, 1.165) is 103 Å². The van der Waals surface area contributed by atoms with Gasteiger partial charge in [-0.1, -0.05) is 145 Å². The van der Waals surface area contributed by atoms with Crippen molar-refractivity contribution >= 4 is 36.5 Å². The smallest absolute Gasteiger partial charge is 0.340 e.